The molecular formula is C22H24N2O5. The average Bonchev–Trinajstić information content (AvgIpc) is 2.72. The topological polar surface area (TPSA) is 95.9 Å². The molecule has 0 aromatic heterocycles. The van der Waals surface area contributed by atoms with Crippen molar-refractivity contribution in [3.05, 3.63) is 60.2 Å². The van der Waals surface area contributed by atoms with Crippen LogP contribution in [0.3, 0.4) is 0 Å². The molecule has 1 saturated heterocycles. The first kappa shape index (κ1) is 20.4. The molecule has 0 aliphatic carbocycles. The van der Waals surface area contributed by atoms with Gasteiger partial charge in [0.05, 0.1) is 12.5 Å². The number of carboxylic acids is 1. The van der Waals surface area contributed by atoms with E-state index in [-0.39, 0.29) is 30.8 Å². The van der Waals surface area contributed by atoms with Gasteiger partial charge in [0.2, 0.25) is 5.91 Å². The SMILES string of the molecule is CC1CC(C(=O)O)CN(C(=O)CNC(=O)c2ccc(Oc3ccccc3)cc2)C1. The first-order valence-electron chi connectivity index (χ1n) is 9.54. The highest BCUT2D eigenvalue weighted by Gasteiger charge is 2.31. The van der Waals surface area contributed by atoms with E-state index in [4.69, 9.17) is 4.74 Å². The first-order chi connectivity index (χ1) is 13.9. The van der Waals surface area contributed by atoms with E-state index in [0.29, 0.717) is 30.0 Å². The quantitative estimate of drug-likeness (QED) is 0.783. The first-order valence-corrected chi connectivity index (χ1v) is 9.54. The van der Waals surface area contributed by atoms with E-state index < -0.39 is 11.9 Å². The highest BCUT2D eigenvalue weighted by atomic mass is 16.5. The number of amides is 2. The normalized spacial score (nSPS) is 18.7. The van der Waals surface area contributed by atoms with Gasteiger partial charge in [-0.15, -0.1) is 0 Å². The zero-order chi connectivity index (χ0) is 20.8. The van der Waals surface area contributed by atoms with Crippen LogP contribution < -0.4 is 10.1 Å². The second kappa shape index (κ2) is 9.23. The van der Waals surface area contributed by atoms with Gasteiger partial charge in [-0.05, 0) is 48.7 Å². The van der Waals surface area contributed by atoms with Crippen LogP contribution in [0.25, 0.3) is 0 Å². The van der Waals surface area contributed by atoms with Gasteiger partial charge < -0.3 is 20.1 Å². The van der Waals surface area contributed by atoms with E-state index in [1.165, 1.54) is 4.90 Å². The van der Waals surface area contributed by atoms with Crippen molar-refractivity contribution in [2.24, 2.45) is 11.8 Å². The molecule has 7 heteroatoms. The standard InChI is InChI=1S/C22H24N2O5/c1-15-11-17(22(27)28)14-24(13-15)20(25)12-23-21(26)16-7-9-19(10-8-16)29-18-5-3-2-4-6-18/h2-10,15,17H,11-14H2,1H3,(H,23,26)(H,27,28). The summed E-state index contributed by atoms with van der Waals surface area (Å²) in [5.41, 5.74) is 0.411. The van der Waals surface area contributed by atoms with Crippen molar-refractivity contribution < 1.29 is 24.2 Å². The summed E-state index contributed by atoms with van der Waals surface area (Å²) in [6.07, 6.45) is 0.558. The summed E-state index contributed by atoms with van der Waals surface area (Å²) in [5.74, 6) is -0.686. The van der Waals surface area contributed by atoms with Gasteiger partial charge in [0.1, 0.15) is 11.5 Å². The van der Waals surface area contributed by atoms with Crippen molar-refractivity contribution >= 4 is 17.8 Å². The number of piperidine rings is 1. The molecule has 0 bridgehead atoms. The molecule has 0 radical (unpaired) electrons. The molecule has 2 unspecified atom stereocenters. The molecule has 1 aliphatic rings. The maximum absolute atomic E-state index is 12.4. The highest BCUT2D eigenvalue weighted by Crippen LogP contribution is 2.22. The summed E-state index contributed by atoms with van der Waals surface area (Å²) in [4.78, 5) is 37.5. The third-order valence-electron chi connectivity index (χ3n) is 4.86. The predicted molar refractivity (Wildman–Crippen MR) is 107 cm³/mol. The minimum Gasteiger partial charge on any atom is -0.481 e. The van der Waals surface area contributed by atoms with Crippen LogP contribution in [0.15, 0.2) is 54.6 Å². The molecular weight excluding hydrogens is 372 g/mol. The van der Waals surface area contributed by atoms with Crippen molar-refractivity contribution in [1.29, 1.82) is 0 Å². The second-order valence-corrected chi connectivity index (χ2v) is 7.30. The van der Waals surface area contributed by atoms with E-state index in [1.807, 2.05) is 37.3 Å². The number of carbonyl (C=O) groups excluding carboxylic acids is 2. The minimum atomic E-state index is -0.892. The van der Waals surface area contributed by atoms with Gasteiger partial charge in [0.15, 0.2) is 0 Å². The number of likely N-dealkylation sites (tertiary alicyclic amines) is 1. The zero-order valence-electron chi connectivity index (χ0n) is 16.2. The van der Waals surface area contributed by atoms with E-state index in [1.54, 1.807) is 24.3 Å². The largest absolute Gasteiger partial charge is 0.481 e. The lowest BCUT2D eigenvalue weighted by Gasteiger charge is -2.34. The number of nitrogens with zero attached hydrogens (tertiary/aromatic N) is 1. The van der Waals surface area contributed by atoms with Crippen molar-refractivity contribution in [3.8, 4) is 11.5 Å². The molecule has 1 heterocycles. The van der Waals surface area contributed by atoms with Crippen LogP contribution in [0.1, 0.15) is 23.7 Å². The Labute approximate surface area is 169 Å². The molecule has 29 heavy (non-hydrogen) atoms. The second-order valence-electron chi connectivity index (χ2n) is 7.30. The number of carboxylic acid groups (broad SMARTS) is 1. The van der Waals surface area contributed by atoms with Crippen LogP contribution in [0.5, 0.6) is 11.5 Å². The number of para-hydroxylation sites is 1. The summed E-state index contributed by atoms with van der Waals surface area (Å²) in [5, 5.41) is 11.8. The molecule has 0 saturated carbocycles. The lowest BCUT2D eigenvalue weighted by Crippen LogP contribution is -2.48. The minimum absolute atomic E-state index is 0.113. The lowest BCUT2D eigenvalue weighted by molar-refractivity contribution is -0.146. The number of hydrogen-bond acceptors (Lipinski definition) is 4. The van der Waals surface area contributed by atoms with Gasteiger partial charge in [0.25, 0.3) is 5.91 Å². The van der Waals surface area contributed by atoms with Gasteiger partial charge in [-0.1, -0.05) is 25.1 Å². The third-order valence-corrected chi connectivity index (χ3v) is 4.86. The fourth-order valence-corrected chi connectivity index (χ4v) is 3.40. The molecule has 1 aliphatic heterocycles. The van der Waals surface area contributed by atoms with Crippen molar-refractivity contribution in [2.45, 2.75) is 13.3 Å². The van der Waals surface area contributed by atoms with Crippen LogP contribution >= 0.6 is 0 Å². The van der Waals surface area contributed by atoms with E-state index in [0.717, 1.165) is 0 Å². The molecule has 0 spiro atoms. The van der Waals surface area contributed by atoms with E-state index >= 15 is 0 Å². The Morgan fingerprint density at radius 3 is 2.34 bits per heavy atom. The smallest absolute Gasteiger partial charge is 0.308 e. The Hall–Kier alpha value is -3.35. The van der Waals surface area contributed by atoms with Crippen LogP contribution in [-0.2, 0) is 9.59 Å². The number of benzene rings is 2. The molecule has 2 amide bonds. The number of rotatable bonds is 6. The van der Waals surface area contributed by atoms with E-state index in [2.05, 4.69) is 5.32 Å². The Balaban J connectivity index is 1.52. The summed E-state index contributed by atoms with van der Waals surface area (Å²) in [6, 6.07) is 15.9. The van der Waals surface area contributed by atoms with Gasteiger partial charge >= 0.3 is 5.97 Å². The van der Waals surface area contributed by atoms with Gasteiger partial charge in [-0.2, -0.15) is 0 Å². The van der Waals surface area contributed by atoms with Crippen LogP contribution in [-0.4, -0.2) is 47.4 Å². The monoisotopic (exact) mass is 396 g/mol. The van der Waals surface area contributed by atoms with Crippen LogP contribution in [0.4, 0.5) is 0 Å². The van der Waals surface area contributed by atoms with Crippen LogP contribution in [0, 0.1) is 11.8 Å². The fraction of sp³-hybridized carbons (Fsp3) is 0.318. The molecule has 7 nitrogen and oxygen atoms in total. The third kappa shape index (κ3) is 5.57. The molecule has 2 atom stereocenters. The molecule has 3 rings (SSSR count). The summed E-state index contributed by atoms with van der Waals surface area (Å²) < 4.78 is 5.69. The fourth-order valence-electron chi connectivity index (χ4n) is 3.40. The highest BCUT2D eigenvalue weighted by molar-refractivity contribution is 5.96. The molecule has 2 aromatic carbocycles. The van der Waals surface area contributed by atoms with Gasteiger partial charge in [-0.25, -0.2) is 0 Å². The molecule has 152 valence electrons. The maximum atomic E-state index is 12.4. The number of aliphatic carboxylic acids is 1. The summed E-state index contributed by atoms with van der Waals surface area (Å²) in [7, 11) is 0. The molecule has 1 fully saturated rings. The Morgan fingerprint density at radius 2 is 1.69 bits per heavy atom. The number of ether oxygens (including phenoxy) is 1. The number of hydrogen-bond donors (Lipinski definition) is 2. The van der Waals surface area contributed by atoms with E-state index in [9.17, 15) is 19.5 Å². The Kier molecular flexibility index (Phi) is 6.49. The zero-order valence-corrected chi connectivity index (χ0v) is 16.2. The lowest BCUT2D eigenvalue weighted by atomic mass is 9.90. The van der Waals surface area contributed by atoms with Crippen molar-refractivity contribution in [2.75, 3.05) is 19.6 Å². The average molecular weight is 396 g/mol. The number of nitrogens with one attached hydrogen (secondary N) is 1. The Bertz CT molecular complexity index is 867. The Morgan fingerprint density at radius 1 is 1.03 bits per heavy atom. The molecule has 2 N–H and O–H groups in total. The summed E-state index contributed by atoms with van der Waals surface area (Å²) in [6.45, 7) is 2.44. The van der Waals surface area contributed by atoms with Gasteiger partial charge in [-0.3, -0.25) is 14.4 Å². The maximum Gasteiger partial charge on any atom is 0.308 e. The van der Waals surface area contributed by atoms with Gasteiger partial charge in [0, 0.05) is 18.7 Å². The predicted octanol–water partition coefficient (Wildman–Crippen LogP) is 2.78. The van der Waals surface area contributed by atoms with Crippen molar-refractivity contribution in [3.63, 3.8) is 0 Å². The summed E-state index contributed by atoms with van der Waals surface area (Å²) >= 11 is 0. The number of carbonyl (C=O) groups is 3. The van der Waals surface area contributed by atoms with Crippen molar-refractivity contribution in [1.82, 2.24) is 10.2 Å². The van der Waals surface area contributed by atoms with Crippen LogP contribution in [0.2, 0.25) is 0 Å². The molecule has 2 aromatic rings.